The Balaban J connectivity index is 1.51. The number of halogens is 2. The number of rotatable bonds is 8. The number of fused-ring (bicyclic) bond motifs is 1. The molecule has 0 atom stereocenters. The maximum absolute atomic E-state index is 12.5. The predicted molar refractivity (Wildman–Crippen MR) is 121 cm³/mol. The first kappa shape index (κ1) is 21.8. The van der Waals surface area contributed by atoms with Crippen LogP contribution in [-0.2, 0) is 0 Å². The van der Waals surface area contributed by atoms with Crippen molar-refractivity contribution in [2.24, 2.45) is 5.92 Å². The number of nitrogens with zero attached hydrogens (tertiary/aromatic N) is 1. The van der Waals surface area contributed by atoms with Crippen LogP contribution < -0.4 is 10.1 Å². The van der Waals surface area contributed by atoms with Crippen LogP contribution >= 0.6 is 0 Å². The van der Waals surface area contributed by atoms with E-state index in [0.717, 1.165) is 34.6 Å². The van der Waals surface area contributed by atoms with E-state index in [1.54, 1.807) is 12.1 Å². The highest BCUT2D eigenvalue weighted by atomic mass is 19.3. The van der Waals surface area contributed by atoms with E-state index in [-0.39, 0.29) is 5.75 Å². The number of aromatic nitrogens is 2. The Morgan fingerprint density at radius 3 is 2.71 bits per heavy atom. The molecule has 3 aromatic rings. The standard InChI is InChI=1S/C25H31F2N3O/c1-16-13-20(18-10-8-17(9-11-18)5-4-12-28-2)15-22-23(16)30-24(29-22)19-6-3-7-21(14-19)31-25(26)27/h3,6-7,13-15,17-18,25,28H,4-5,8-12H2,1-2H3,(H,29,30). The molecule has 166 valence electrons. The molecule has 2 aromatic carbocycles. The molecule has 6 heteroatoms. The fraction of sp³-hybridized carbons (Fsp3) is 0.480. The second kappa shape index (κ2) is 9.77. The highest BCUT2D eigenvalue weighted by Crippen LogP contribution is 2.39. The van der Waals surface area contributed by atoms with Gasteiger partial charge in [0.15, 0.2) is 0 Å². The summed E-state index contributed by atoms with van der Waals surface area (Å²) < 4.78 is 29.6. The number of benzene rings is 2. The summed E-state index contributed by atoms with van der Waals surface area (Å²) in [6, 6.07) is 11.2. The van der Waals surface area contributed by atoms with Gasteiger partial charge in [-0.15, -0.1) is 0 Å². The first-order chi connectivity index (χ1) is 15.0. The summed E-state index contributed by atoms with van der Waals surface area (Å²) in [6.45, 7) is 0.361. The first-order valence-corrected chi connectivity index (χ1v) is 11.2. The van der Waals surface area contributed by atoms with Gasteiger partial charge in [0.05, 0.1) is 11.0 Å². The Morgan fingerprint density at radius 1 is 1.16 bits per heavy atom. The van der Waals surface area contributed by atoms with Crippen LogP contribution in [0.2, 0.25) is 0 Å². The van der Waals surface area contributed by atoms with E-state index in [1.807, 2.05) is 13.1 Å². The molecular weight excluding hydrogens is 396 g/mol. The summed E-state index contributed by atoms with van der Waals surface area (Å²) >= 11 is 0. The van der Waals surface area contributed by atoms with Crippen LogP contribution in [0.4, 0.5) is 8.78 Å². The summed E-state index contributed by atoms with van der Waals surface area (Å²) in [7, 11) is 2.02. The van der Waals surface area contributed by atoms with Gasteiger partial charge in [0.2, 0.25) is 0 Å². The maximum Gasteiger partial charge on any atom is 0.387 e. The number of imidazole rings is 1. The first-order valence-electron chi connectivity index (χ1n) is 11.2. The molecule has 0 aliphatic heterocycles. The number of ether oxygens (including phenoxy) is 1. The zero-order valence-corrected chi connectivity index (χ0v) is 18.3. The Hall–Kier alpha value is -2.47. The Morgan fingerprint density at radius 2 is 1.97 bits per heavy atom. The maximum atomic E-state index is 12.5. The normalized spacial score (nSPS) is 19.3. The van der Waals surface area contributed by atoms with Gasteiger partial charge in [0.25, 0.3) is 0 Å². The average molecular weight is 428 g/mol. The lowest BCUT2D eigenvalue weighted by Gasteiger charge is -2.29. The van der Waals surface area contributed by atoms with Crippen molar-refractivity contribution in [1.82, 2.24) is 15.3 Å². The monoisotopic (exact) mass is 427 g/mol. The molecule has 1 saturated carbocycles. The molecule has 1 aliphatic carbocycles. The molecule has 0 spiro atoms. The van der Waals surface area contributed by atoms with Gasteiger partial charge in [-0.25, -0.2) is 4.98 Å². The van der Waals surface area contributed by atoms with Crippen LogP contribution in [0.15, 0.2) is 36.4 Å². The van der Waals surface area contributed by atoms with Gasteiger partial charge >= 0.3 is 6.61 Å². The number of H-pyrrole nitrogens is 1. The number of aryl methyl sites for hydroxylation is 1. The van der Waals surface area contributed by atoms with E-state index in [1.165, 1.54) is 50.2 Å². The van der Waals surface area contributed by atoms with Gasteiger partial charge in [-0.1, -0.05) is 18.2 Å². The van der Waals surface area contributed by atoms with Crippen molar-refractivity contribution < 1.29 is 13.5 Å². The van der Waals surface area contributed by atoms with Gasteiger partial charge in [0, 0.05) is 5.56 Å². The minimum atomic E-state index is -2.84. The quantitative estimate of drug-likeness (QED) is 0.408. The van der Waals surface area contributed by atoms with Crippen LogP contribution in [0, 0.1) is 12.8 Å². The summed E-state index contributed by atoms with van der Waals surface area (Å²) in [5.41, 5.74) is 5.19. The van der Waals surface area contributed by atoms with Crippen molar-refractivity contribution >= 4 is 11.0 Å². The lowest BCUT2D eigenvalue weighted by Crippen LogP contribution is -2.15. The van der Waals surface area contributed by atoms with Gasteiger partial charge in [-0.3, -0.25) is 0 Å². The Labute approximate surface area is 182 Å². The second-order valence-corrected chi connectivity index (χ2v) is 8.69. The van der Waals surface area contributed by atoms with Crippen LogP contribution in [0.1, 0.15) is 55.6 Å². The average Bonchev–Trinajstić information content (AvgIpc) is 3.19. The molecule has 1 fully saturated rings. The van der Waals surface area contributed by atoms with Crippen LogP contribution in [-0.4, -0.2) is 30.2 Å². The third kappa shape index (κ3) is 5.24. The number of hydrogen-bond acceptors (Lipinski definition) is 3. The Bertz CT molecular complexity index is 1010. The third-order valence-electron chi connectivity index (χ3n) is 6.49. The van der Waals surface area contributed by atoms with E-state index < -0.39 is 6.61 Å². The van der Waals surface area contributed by atoms with Gasteiger partial charge < -0.3 is 15.0 Å². The molecule has 2 N–H and O–H groups in total. The molecular formula is C25H31F2N3O. The molecule has 1 aliphatic rings. The fourth-order valence-corrected chi connectivity index (χ4v) is 4.86. The third-order valence-corrected chi connectivity index (χ3v) is 6.49. The molecule has 0 bridgehead atoms. The van der Waals surface area contributed by atoms with E-state index in [4.69, 9.17) is 4.98 Å². The van der Waals surface area contributed by atoms with Crippen molar-refractivity contribution in [3.05, 3.63) is 47.5 Å². The van der Waals surface area contributed by atoms with Gasteiger partial charge in [0.1, 0.15) is 11.6 Å². The van der Waals surface area contributed by atoms with Crippen molar-refractivity contribution in [1.29, 1.82) is 0 Å². The Kier molecular flexibility index (Phi) is 6.86. The SMILES string of the molecule is CNCCCC1CCC(c2cc(C)c3nc(-c4cccc(OC(F)F)c4)[nH]c3c2)CC1. The van der Waals surface area contributed by atoms with E-state index >= 15 is 0 Å². The lowest BCUT2D eigenvalue weighted by molar-refractivity contribution is -0.0498. The van der Waals surface area contributed by atoms with Crippen LogP contribution in [0.5, 0.6) is 5.75 Å². The number of aromatic amines is 1. The molecule has 0 saturated heterocycles. The van der Waals surface area contributed by atoms with Gasteiger partial charge in [-0.2, -0.15) is 8.78 Å². The molecule has 1 aromatic heterocycles. The molecule has 0 unspecified atom stereocenters. The zero-order valence-electron chi connectivity index (χ0n) is 18.3. The molecule has 1 heterocycles. The van der Waals surface area contributed by atoms with E-state index in [2.05, 4.69) is 34.1 Å². The van der Waals surface area contributed by atoms with Crippen molar-refractivity contribution in [2.75, 3.05) is 13.6 Å². The molecule has 4 rings (SSSR count). The van der Waals surface area contributed by atoms with Crippen molar-refractivity contribution in [2.45, 2.75) is 58.0 Å². The smallest absolute Gasteiger partial charge is 0.387 e. The predicted octanol–water partition coefficient (Wildman–Crippen LogP) is 6.41. The van der Waals surface area contributed by atoms with Crippen molar-refractivity contribution in [3.8, 4) is 17.1 Å². The second-order valence-electron chi connectivity index (χ2n) is 8.69. The fourth-order valence-electron chi connectivity index (χ4n) is 4.86. The highest BCUT2D eigenvalue weighted by Gasteiger charge is 2.23. The van der Waals surface area contributed by atoms with Gasteiger partial charge in [-0.05, 0) is 100 Å². The number of nitrogens with one attached hydrogen (secondary N) is 2. The molecule has 31 heavy (non-hydrogen) atoms. The largest absolute Gasteiger partial charge is 0.435 e. The van der Waals surface area contributed by atoms with Crippen LogP contribution in [0.3, 0.4) is 0 Å². The number of alkyl halides is 2. The molecule has 4 nitrogen and oxygen atoms in total. The minimum Gasteiger partial charge on any atom is -0.435 e. The molecule has 0 radical (unpaired) electrons. The highest BCUT2D eigenvalue weighted by molar-refractivity contribution is 5.83. The zero-order chi connectivity index (χ0) is 21.8. The minimum absolute atomic E-state index is 0.136. The van der Waals surface area contributed by atoms with E-state index in [9.17, 15) is 8.78 Å². The summed E-state index contributed by atoms with van der Waals surface area (Å²) in [5, 5.41) is 3.24. The number of hydrogen-bond donors (Lipinski definition) is 2. The van der Waals surface area contributed by atoms with Crippen LogP contribution in [0.25, 0.3) is 22.4 Å². The summed E-state index contributed by atoms with van der Waals surface area (Å²) in [6.07, 6.45) is 7.67. The summed E-state index contributed by atoms with van der Waals surface area (Å²) in [5.74, 6) is 2.26. The lowest BCUT2D eigenvalue weighted by atomic mass is 9.77. The van der Waals surface area contributed by atoms with Crippen molar-refractivity contribution in [3.63, 3.8) is 0 Å². The topological polar surface area (TPSA) is 49.9 Å². The summed E-state index contributed by atoms with van der Waals surface area (Å²) in [4.78, 5) is 8.13. The molecule has 0 amide bonds. The van der Waals surface area contributed by atoms with E-state index in [0.29, 0.717) is 11.7 Å².